The van der Waals surface area contributed by atoms with Gasteiger partial charge in [0.25, 0.3) is 0 Å². The van der Waals surface area contributed by atoms with E-state index in [0.717, 1.165) is 0 Å². The van der Waals surface area contributed by atoms with E-state index in [4.69, 9.17) is 10.3 Å². The first-order valence-electron chi connectivity index (χ1n) is 3.59. The van der Waals surface area contributed by atoms with Crippen LogP contribution in [0.1, 0.15) is 12.7 Å². The lowest BCUT2D eigenvalue weighted by molar-refractivity contribution is 0.429. The van der Waals surface area contributed by atoms with E-state index in [9.17, 15) is 0 Å². The molecule has 0 spiro atoms. The number of aromatic nitrogens is 2. The van der Waals surface area contributed by atoms with Gasteiger partial charge < -0.3 is 10.3 Å². The molecular formula is C6H11N5O. The number of hydrogen-bond donors (Lipinski definition) is 2. The summed E-state index contributed by atoms with van der Waals surface area (Å²) in [6.07, 6.45) is 0. The van der Waals surface area contributed by atoms with Crippen molar-refractivity contribution in [3.05, 3.63) is 5.82 Å². The zero-order valence-electron chi connectivity index (χ0n) is 7.03. The molecule has 0 radical (unpaired) electrons. The number of anilines is 1. The third-order valence-electron chi connectivity index (χ3n) is 1.09. The van der Waals surface area contributed by atoms with E-state index in [1.807, 2.05) is 6.92 Å². The Balaban J connectivity index is 2.58. The summed E-state index contributed by atoms with van der Waals surface area (Å²) in [5, 5.41) is 6.22. The smallest absolute Gasteiger partial charge is 0.328 e. The van der Waals surface area contributed by atoms with Crippen LogP contribution in [0.2, 0.25) is 0 Å². The first-order valence-corrected chi connectivity index (χ1v) is 3.59. The van der Waals surface area contributed by atoms with Crippen LogP contribution >= 0.6 is 0 Å². The molecule has 3 N–H and O–H groups in total. The molecule has 1 aromatic rings. The molecule has 1 heterocycles. The minimum absolute atomic E-state index is 0.266. The normalized spacial score (nSPS) is 11.7. The Bertz CT molecular complexity index is 279. The summed E-state index contributed by atoms with van der Waals surface area (Å²) in [5.41, 5.74) is 5.44. The number of nitrogens with two attached hydrogens (primary N) is 1. The number of guanidine groups is 1. The second kappa shape index (κ2) is 3.70. The van der Waals surface area contributed by atoms with Crippen LogP contribution < -0.4 is 11.1 Å². The zero-order valence-corrected chi connectivity index (χ0v) is 7.03. The Kier molecular flexibility index (Phi) is 2.62. The highest BCUT2D eigenvalue weighted by atomic mass is 16.5. The molecule has 0 amide bonds. The van der Waals surface area contributed by atoms with Crippen molar-refractivity contribution in [3.8, 4) is 0 Å². The van der Waals surface area contributed by atoms with E-state index in [-0.39, 0.29) is 12.0 Å². The summed E-state index contributed by atoms with van der Waals surface area (Å²) in [6, 6.07) is 0.266. The highest BCUT2D eigenvalue weighted by molar-refractivity contribution is 5.90. The average Bonchev–Trinajstić information content (AvgIpc) is 2.36. The van der Waals surface area contributed by atoms with E-state index in [0.29, 0.717) is 12.4 Å². The predicted octanol–water partition coefficient (Wildman–Crippen LogP) is 0.125. The average molecular weight is 169 g/mol. The number of nitrogens with zero attached hydrogens (tertiary/aromatic N) is 3. The quantitative estimate of drug-likeness (QED) is 0.485. The Morgan fingerprint density at radius 3 is 3.00 bits per heavy atom. The summed E-state index contributed by atoms with van der Waals surface area (Å²) in [4.78, 5) is 7.77. The van der Waals surface area contributed by atoms with E-state index in [2.05, 4.69) is 20.4 Å². The Morgan fingerprint density at radius 1 is 1.75 bits per heavy atom. The molecule has 0 saturated heterocycles. The molecule has 0 atom stereocenters. The standard InChI is InChI=1S/C6H11N5O/c1-3-8-5(7)10-6-9-4(2)11-12-6/h3H2,1-2H3,(H3,7,8,9,10,11). The van der Waals surface area contributed by atoms with Gasteiger partial charge in [0.1, 0.15) is 0 Å². The van der Waals surface area contributed by atoms with Crippen LogP contribution in [-0.4, -0.2) is 22.6 Å². The molecule has 6 heteroatoms. The van der Waals surface area contributed by atoms with Crippen LogP contribution in [0.3, 0.4) is 0 Å². The molecule has 1 rings (SSSR count). The molecule has 0 fully saturated rings. The molecule has 6 nitrogen and oxygen atoms in total. The van der Waals surface area contributed by atoms with Crippen molar-refractivity contribution in [1.29, 1.82) is 0 Å². The van der Waals surface area contributed by atoms with Crippen molar-refractivity contribution in [2.45, 2.75) is 13.8 Å². The SMILES string of the molecule is CCN=C(N)Nc1nc(C)no1. The largest absolute Gasteiger partial charge is 0.370 e. The summed E-state index contributed by atoms with van der Waals surface area (Å²) in [5.74, 6) is 0.836. The molecule has 0 aliphatic heterocycles. The maximum absolute atomic E-state index is 5.44. The molecule has 0 aliphatic carbocycles. The number of nitrogens with one attached hydrogen (secondary N) is 1. The van der Waals surface area contributed by atoms with Crippen LogP contribution in [0, 0.1) is 6.92 Å². The fraction of sp³-hybridized carbons (Fsp3) is 0.500. The van der Waals surface area contributed by atoms with E-state index in [1.165, 1.54) is 0 Å². The van der Waals surface area contributed by atoms with Gasteiger partial charge in [0, 0.05) is 6.54 Å². The Morgan fingerprint density at radius 2 is 2.50 bits per heavy atom. The van der Waals surface area contributed by atoms with Crippen LogP contribution in [0.5, 0.6) is 0 Å². The van der Waals surface area contributed by atoms with Crippen molar-refractivity contribution in [3.63, 3.8) is 0 Å². The summed E-state index contributed by atoms with van der Waals surface area (Å²) in [7, 11) is 0. The molecule has 12 heavy (non-hydrogen) atoms. The maximum atomic E-state index is 5.44. The van der Waals surface area contributed by atoms with Gasteiger partial charge in [-0.1, -0.05) is 5.16 Å². The van der Waals surface area contributed by atoms with Gasteiger partial charge in [-0.05, 0) is 13.8 Å². The minimum atomic E-state index is 0.266. The first kappa shape index (κ1) is 8.51. The maximum Gasteiger partial charge on any atom is 0.328 e. The Labute approximate surface area is 69.9 Å². The number of rotatable bonds is 2. The van der Waals surface area contributed by atoms with Crippen molar-refractivity contribution >= 4 is 12.0 Å². The topological polar surface area (TPSA) is 89.3 Å². The lowest BCUT2D eigenvalue weighted by atomic mass is 10.7. The van der Waals surface area contributed by atoms with Gasteiger partial charge in [-0.2, -0.15) is 4.98 Å². The molecule has 0 aromatic carbocycles. The molecule has 1 aromatic heterocycles. The number of aryl methyl sites for hydroxylation is 1. The third-order valence-corrected chi connectivity index (χ3v) is 1.09. The summed E-state index contributed by atoms with van der Waals surface area (Å²) >= 11 is 0. The van der Waals surface area contributed by atoms with Gasteiger partial charge in [0.05, 0.1) is 0 Å². The number of aliphatic imine (C=N–C) groups is 1. The van der Waals surface area contributed by atoms with Crippen LogP contribution in [0.25, 0.3) is 0 Å². The lowest BCUT2D eigenvalue weighted by Gasteiger charge is -1.96. The van der Waals surface area contributed by atoms with Gasteiger partial charge in [-0.3, -0.25) is 10.3 Å². The van der Waals surface area contributed by atoms with Crippen molar-refractivity contribution in [2.24, 2.45) is 10.7 Å². The fourth-order valence-electron chi connectivity index (χ4n) is 0.667. The molecule has 0 unspecified atom stereocenters. The second-order valence-electron chi connectivity index (χ2n) is 2.13. The van der Waals surface area contributed by atoms with E-state index in [1.54, 1.807) is 6.92 Å². The monoisotopic (exact) mass is 169 g/mol. The van der Waals surface area contributed by atoms with Gasteiger partial charge in [-0.25, -0.2) is 0 Å². The first-order chi connectivity index (χ1) is 5.72. The molecule has 66 valence electrons. The lowest BCUT2D eigenvalue weighted by Crippen LogP contribution is -2.22. The van der Waals surface area contributed by atoms with Crippen molar-refractivity contribution in [1.82, 2.24) is 10.1 Å². The van der Waals surface area contributed by atoms with E-state index < -0.39 is 0 Å². The summed E-state index contributed by atoms with van der Waals surface area (Å²) in [6.45, 7) is 4.22. The van der Waals surface area contributed by atoms with Gasteiger partial charge >= 0.3 is 6.01 Å². The Hall–Kier alpha value is -1.59. The zero-order chi connectivity index (χ0) is 8.97. The van der Waals surface area contributed by atoms with Crippen LogP contribution in [0.4, 0.5) is 6.01 Å². The molecule has 0 bridgehead atoms. The molecule has 0 saturated carbocycles. The highest BCUT2D eigenvalue weighted by Gasteiger charge is 2.01. The van der Waals surface area contributed by atoms with E-state index >= 15 is 0 Å². The van der Waals surface area contributed by atoms with Crippen molar-refractivity contribution in [2.75, 3.05) is 11.9 Å². The second-order valence-corrected chi connectivity index (χ2v) is 2.13. The predicted molar refractivity (Wildman–Crippen MR) is 44.8 cm³/mol. The van der Waals surface area contributed by atoms with Gasteiger partial charge in [0.15, 0.2) is 11.8 Å². The minimum Gasteiger partial charge on any atom is -0.370 e. The highest BCUT2D eigenvalue weighted by Crippen LogP contribution is 2.00. The third kappa shape index (κ3) is 2.22. The molecular weight excluding hydrogens is 158 g/mol. The van der Waals surface area contributed by atoms with Gasteiger partial charge in [-0.15, -0.1) is 0 Å². The van der Waals surface area contributed by atoms with Crippen LogP contribution in [-0.2, 0) is 0 Å². The fourth-order valence-corrected chi connectivity index (χ4v) is 0.667. The van der Waals surface area contributed by atoms with Gasteiger partial charge in [0.2, 0.25) is 0 Å². The number of hydrogen-bond acceptors (Lipinski definition) is 4. The molecule has 0 aliphatic rings. The van der Waals surface area contributed by atoms with Crippen molar-refractivity contribution < 1.29 is 4.52 Å². The van der Waals surface area contributed by atoms with Crippen LogP contribution in [0.15, 0.2) is 9.52 Å². The summed E-state index contributed by atoms with van der Waals surface area (Å²) < 4.78 is 4.75.